The SMILES string of the molecule is CC(C)NC(=O)[C@@H]1CCCN(c2ncnc3onc(-c4ccc(F)cc4)c23)C1. The Hall–Kier alpha value is -3.03. The van der Waals surface area contributed by atoms with Crippen LogP contribution in [0.5, 0.6) is 0 Å². The maximum absolute atomic E-state index is 13.3. The molecular formula is C20H22FN5O2. The van der Waals surface area contributed by atoms with Gasteiger partial charge in [0.2, 0.25) is 5.91 Å². The van der Waals surface area contributed by atoms with E-state index in [1.807, 2.05) is 13.8 Å². The quantitative estimate of drug-likeness (QED) is 0.745. The van der Waals surface area contributed by atoms with Gasteiger partial charge in [-0.15, -0.1) is 0 Å². The van der Waals surface area contributed by atoms with Crippen molar-refractivity contribution >= 4 is 22.8 Å². The van der Waals surface area contributed by atoms with Gasteiger partial charge in [0.25, 0.3) is 5.71 Å². The molecule has 1 N–H and O–H groups in total. The summed E-state index contributed by atoms with van der Waals surface area (Å²) in [5.74, 6) is 0.333. The molecule has 28 heavy (non-hydrogen) atoms. The lowest BCUT2D eigenvalue weighted by Crippen LogP contribution is -2.45. The van der Waals surface area contributed by atoms with Gasteiger partial charge in [0.05, 0.1) is 5.92 Å². The van der Waals surface area contributed by atoms with Gasteiger partial charge in [0, 0.05) is 24.7 Å². The third kappa shape index (κ3) is 3.54. The third-order valence-corrected chi connectivity index (χ3v) is 4.89. The number of amides is 1. The lowest BCUT2D eigenvalue weighted by atomic mass is 9.96. The summed E-state index contributed by atoms with van der Waals surface area (Å²) in [5.41, 5.74) is 1.67. The summed E-state index contributed by atoms with van der Waals surface area (Å²) in [6.45, 7) is 5.27. The van der Waals surface area contributed by atoms with E-state index >= 15 is 0 Å². The highest BCUT2D eigenvalue weighted by molar-refractivity contribution is 5.98. The molecule has 0 aliphatic carbocycles. The maximum Gasteiger partial charge on any atom is 0.263 e. The molecule has 1 atom stereocenters. The van der Waals surface area contributed by atoms with E-state index in [4.69, 9.17) is 4.52 Å². The minimum atomic E-state index is -0.317. The molecular weight excluding hydrogens is 361 g/mol. The highest BCUT2D eigenvalue weighted by Crippen LogP contribution is 2.34. The van der Waals surface area contributed by atoms with E-state index in [0.717, 1.165) is 24.9 Å². The molecule has 0 bridgehead atoms. The lowest BCUT2D eigenvalue weighted by molar-refractivity contribution is -0.125. The predicted molar refractivity (Wildman–Crippen MR) is 103 cm³/mol. The zero-order valence-electron chi connectivity index (χ0n) is 15.9. The number of piperidine rings is 1. The number of carbonyl (C=O) groups excluding carboxylic acids is 1. The number of hydrogen-bond acceptors (Lipinski definition) is 6. The maximum atomic E-state index is 13.3. The summed E-state index contributed by atoms with van der Waals surface area (Å²) in [4.78, 5) is 23.2. The number of fused-ring (bicyclic) bond motifs is 1. The lowest BCUT2D eigenvalue weighted by Gasteiger charge is -2.33. The summed E-state index contributed by atoms with van der Waals surface area (Å²) in [7, 11) is 0. The first-order valence-corrected chi connectivity index (χ1v) is 9.44. The van der Waals surface area contributed by atoms with Crippen LogP contribution in [0.4, 0.5) is 10.2 Å². The molecule has 0 saturated carbocycles. The van der Waals surface area contributed by atoms with Gasteiger partial charge < -0.3 is 14.7 Å². The highest BCUT2D eigenvalue weighted by atomic mass is 19.1. The van der Waals surface area contributed by atoms with Crippen LogP contribution in [0.2, 0.25) is 0 Å². The second kappa shape index (κ2) is 7.53. The Bertz CT molecular complexity index is 986. The standard InChI is InChI=1S/C20H22FN5O2/c1-12(2)24-19(27)14-4-3-9-26(10-14)18-16-17(13-5-7-15(21)8-6-13)25-28-20(16)23-11-22-18/h5-8,11-12,14H,3-4,9-10H2,1-2H3,(H,24,27)/t14-/m1/s1. The molecule has 1 aliphatic rings. The fourth-order valence-electron chi connectivity index (χ4n) is 3.60. The molecule has 1 amide bonds. The van der Waals surface area contributed by atoms with Gasteiger partial charge in [-0.05, 0) is 51.0 Å². The van der Waals surface area contributed by atoms with Crippen molar-refractivity contribution in [2.75, 3.05) is 18.0 Å². The molecule has 2 aromatic heterocycles. The molecule has 1 fully saturated rings. The smallest absolute Gasteiger partial charge is 0.263 e. The Balaban J connectivity index is 1.69. The number of carbonyl (C=O) groups is 1. The number of halogens is 1. The number of benzene rings is 1. The number of hydrogen-bond donors (Lipinski definition) is 1. The Morgan fingerprint density at radius 1 is 1.29 bits per heavy atom. The number of nitrogens with zero attached hydrogens (tertiary/aromatic N) is 4. The molecule has 1 aromatic carbocycles. The molecule has 0 spiro atoms. The van der Waals surface area contributed by atoms with Crippen LogP contribution in [-0.2, 0) is 4.79 Å². The molecule has 146 valence electrons. The first-order valence-electron chi connectivity index (χ1n) is 9.44. The molecule has 3 aromatic rings. The Morgan fingerprint density at radius 3 is 2.82 bits per heavy atom. The predicted octanol–water partition coefficient (Wildman–Crippen LogP) is 3.16. The van der Waals surface area contributed by atoms with Crippen LogP contribution >= 0.6 is 0 Å². The Kier molecular flexibility index (Phi) is 4.93. The first kappa shape index (κ1) is 18.3. The van der Waals surface area contributed by atoms with Crippen molar-refractivity contribution in [1.82, 2.24) is 20.4 Å². The molecule has 1 saturated heterocycles. The topological polar surface area (TPSA) is 84.2 Å². The average molecular weight is 383 g/mol. The number of rotatable bonds is 4. The van der Waals surface area contributed by atoms with Crippen molar-refractivity contribution < 1.29 is 13.7 Å². The first-order chi connectivity index (χ1) is 13.5. The largest absolute Gasteiger partial charge is 0.355 e. The number of nitrogens with one attached hydrogen (secondary N) is 1. The molecule has 0 unspecified atom stereocenters. The van der Waals surface area contributed by atoms with E-state index in [2.05, 4.69) is 25.3 Å². The minimum absolute atomic E-state index is 0.0640. The molecule has 0 radical (unpaired) electrons. The fourth-order valence-corrected chi connectivity index (χ4v) is 3.60. The van der Waals surface area contributed by atoms with Gasteiger partial charge in [-0.3, -0.25) is 4.79 Å². The van der Waals surface area contributed by atoms with Crippen LogP contribution in [0, 0.1) is 11.7 Å². The molecule has 7 nitrogen and oxygen atoms in total. The van der Waals surface area contributed by atoms with Crippen LogP contribution < -0.4 is 10.2 Å². The number of anilines is 1. The summed E-state index contributed by atoms with van der Waals surface area (Å²) in [6.07, 6.45) is 3.17. The van der Waals surface area contributed by atoms with Gasteiger partial charge >= 0.3 is 0 Å². The van der Waals surface area contributed by atoms with Crippen molar-refractivity contribution in [3.8, 4) is 11.3 Å². The van der Waals surface area contributed by atoms with Crippen molar-refractivity contribution in [2.24, 2.45) is 5.92 Å². The van der Waals surface area contributed by atoms with Crippen LogP contribution in [-0.4, -0.2) is 40.2 Å². The van der Waals surface area contributed by atoms with Gasteiger partial charge in [0.15, 0.2) is 0 Å². The summed E-state index contributed by atoms with van der Waals surface area (Å²) >= 11 is 0. The molecule has 1 aliphatic heterocycles. The normalized spacial score (nSPS) is 17.3. The second-order valence-electron chi connectivity index (χ2n) is 7.36. The summed E-state index contributed by atoms with van der Waals surface area (Å²) < 4.78 is 18.7. The monoisotopic (exact) mass is 383 g/mol. The Labute approximate surface area is 161 Å². The van der Waals surface area contributed by atoms with E-state index < -0.39 is 0 Å². The fraction of sp³-hybridized carbons (Fsp3) is 0.400. The van der Waals surface area contributed by atoms with E-state index in [1.165, 1.54) is 18.5 Å². The number of aromatic nitrogens is 3. The van der Waals surface area contributed by atoms with E-state index in [0.29, 0.717) is 29.2 Å². The zero-order valence-corrected chi connectivity index (χ0v) is 15.9. The molecule has 4 rings (SSSR count). The van der Waals surface area contributed by atoms with Gasteiger partial charge in [-0.2, -0.15) is 4.98 Å². The summed E-state index contributed by atoms with van der Waals surface area (Å²) in [5, 5.41) is 7.81. The van der Waals surface area contributed by atoms with Crippen LogP contribution in [0.15, 0.2) is 35.1 Å². The zero-order chi connectivity index (χ0) is 19.7. The molecule has 8 heteroatoms. The Morgan fingerprint density at radius 2 is 2.07 bits per heavy atom. The minimum Gasteiger partial charge on any atom is -0.355 e. The van der Waals surface area contributed by atoms with Gasteiger partial charge in [0.1, 0.15) is 29.0 Å². The van der Waals surface area contributed by atoms with Crippen LogP contribution in [0.25, 0.3) is 22.4 Å². The van der Waals surface area contributed by atoms with Gasteiger partial charge in [-0.1, -0.05) is 5.16 Å². The third-order valence-electron chi connectivity index (χ3n) is 4.89. The van der Waals surface area contributed by atoms with Gasteiger partial charge in [-0.25, -0.2) is 9.37 Å². The van der Waals surface area contributed by atoms with E-state index in [1.54, 1.807) is 12.1 Å². The summed E-state index contributed by atoms with van der Waals surface area (Å²) in [6, 6.07) is 6.17. The second-order valence-corrected chi connectivity index (χ2v) is 7.36. The van der Waals surface area contributed by atoms with Crippen molar-refractivity contribution in [3.05, 3.63) is 36.4 Å². The molecule has 3 heterocycles. The van der Waals surface area contributed by atoms with Crippen LogP contribution in [0.1, 0.15) is 26.7 Å². The van der Waals surface area contributed by atoms with E-state index in [9.17, 15) is 9.18 Å². The van der Waals surface area contributed by atoms with Crippen molar-refractivity contribution in [3.63, 3.8) is 0 Å². The average Bonchev–Trinajstić information content (AvgIpc) is 3.12. The van der Waals surface area contributed by atoms with Crippen LogP contribution in [0.3, 0.4) is 0 Å². The van der Waals surface area contributed by atoms with Crippen molar-refractivity contribution in [2.45, 2.75) is 32.7 Å². The highest BCUT2D eigenvalue weighted by Gasteiger charge is 2.29. The van der Waals surface area contributed by atoms with E-state index in [-0.39, 0.29) is 23.7 Å². The van der Waals surface area contributed by atoms with Crippen molar-refractivity contribution in [1.29, 1.82) is 0 Å².